The Labute approximate surface area is 165 Å². The molecule has 2 heterocycles. The Hall–Kier alpha value is -3.26. The van der Waals surface area contributed by atoms with E-state index >= 15 is 0 Å². The maximum Gasteiger partial charge on any atom is 0.257 e. The van der Waals surface area contributed by atoms with E-state index in [0.717, 1.165) is 21.3 Å². The minimum atomic E-state index is -0.213. The van der Waals surface area contributed by atoms with Crippen molar-refractivity contribution in [2.75, 3.05) is 5.32 Å². The molecule has 0 fully saturated rings. The topological polar surface area (TPSA) is 90.1 Å². The summed E-state index contributed by atoms with van der Waals surface area (Å²) >= 11 is 1.48. The van der Waals surface area contributed by atoms with Crippen molar-refractivity contribution in [2.24, 2.45) is 0 Å². The minimum absolute atomic E-state index is 0.202. The Morgan fingerprint density at radius 2 is 1.82 bits per heavy atom. The number of carbonyl (C=O) groups excluding carboxylic acids is 1. The third-order valence-corrected chi connectivity index (χ3v) is 5.32. The number of anilines is 1. The first-order valence-electron chi connectivity index (χ1n) is 8.70. The van der Waals surface area contributed by atoms with Crippen LogP contribution in [0.4, 0.5) is 5.13 Å². The monoisotopic (exact) mass is 394 g/mol. The number of hydrogen-bond donors (Lipinski definition) is 1. The molecule has 0 spiro atoms. The summed E-state index contributed by atoms with van der Waals surface area (Å²) in [5.74, 6) is 1.37. The van der Waals surface area contributed by atoms with Gasteiger partial charge in [0.15, 0.2) is 11.7 Å². The first kappa shape index (κ1) is 18.1. The summed E-state index contributed by atoms with van der Waals surface area (Å²) < 4.78 is 11.6. The molecule has 4 rings (SSSR count). The van der Waals surface area contributed by atoms with Crippen molar-refractivity contribution in [1.29, 1.82) is 0 Å². The highest BCUT2D eigenvalue weighted by Crippen LogP contribution is 2.31. The van der Waals surface area contributed by atoms with Gasteiger partial charge in [-0.1, -0.05) is 28.6 Å². The molecule has 1 N–H and O–H groups in total. The first-order chi connectivity index (χ1) is 13.5. The molecule has 0 aliphatic heterocycles. The van der Waals surface area contributed by atoms with Gasteiger partial charge >= 0.3 is 0 Å². The third-order valence-electron chi connectivity index (χ3n) is 4.22. The summed E-state index contributed by atoms with van der Waals surface area (Å²) in [6, 6.07) is 11.0. The molecule has 0 bridgehead atoms. The number of thiazole rings is 1. The van der Waals surface area contributed by atoms with Crippen LogP contribution >= 0.6 is 11.3 Å². The van der Waals surface area contributed by atoms with Crippen molar-refractivity contribution in [2.45, 2.75) is 27.4 Å². The Morgan fingerprint density at radius 1 is 1.07 bits per heavy atom. The average Bonchev–Trinajstić information content (AvgIpc) is 3.30. The van der Waals surface area contributed by atoms with Gasteiger partial charge in [-0.2, -0.15) is 4.98 Å². The van der Waals surface area contributed by atoms with Crippen LogP contribution in [0.25, 0.3) is 10.2 Å². The highest BCUT2D eigenvalue weighted by atomic mass is 32.1. The highest BCUT2D eigenvalue weighted by molar-refractivity contribution is 7.22. The zero-order valence-corrected chi connectivity index (χ0v) is 16.5. The van der Waals surface area contributed by atoms with Gasteiger partial charge in [-0.3, -0.25) is 10.1 Å². The van der Waals surface area contributed by atoms with Crippen LogP contribution < -0.4 is 10.1 Å². The molecule has 0 saturated heterocycles. The molecule has 0 unspecified atom stereocenters. The Morgan fingerprint density at radius 3 is 2.50 bits per heavy atom. The molecule has 2 aromatic carbocycles. The van der Waals surface area contributed by atoms with Crippen molar-refractivity contribution < 1.29 is 14.1 Å². The van der Waals surface area contributed by atoms with Gasteiger partial charge < -0.3 is 9.26 Å². The van der Waals surface area contributed by atoms with Crippen LogP contribution in [-0.4, -0.2) is 21.0 Å². The lowest BCUT2D eigenvalue weighted by atomic mass is 10.1. The molecule has 7 nitrogen and oxygen atoms in total. The maximum absolute atomic E-state index is 12.5. The zero-order chi connectivity index (χ0) is 19.7. The third kappa shape index (κ3) is 3.72. The van der Waals surface area contributed by atoms with E-state index in [4.69, 9.17) is 9.26 Å². The summed E-state index contributed by atoms with van der Waals surface area (Å²) in [4.78, 5) is 21.2. The van der Waals surface area contributed by atoms with Crippen LogP contribution in [0.3, 0.4) is 0 Å². The van der Waals surface area contributed by atoms with Gasteiger partial charge in [-0.05, 0) is 49.2 Å². The van der Waals surface area contributed by atoms with E-state index in [1.807, 2.05) is 19.9 Å². The second-order valence-electron chi connectivity index (χ2n) is 6.39. The number of rotatable bonds is 5. The molecular weight excluding hydrogens is 376 g/mol. The quantitative estimate of drug-likeness (QED) is 0.538. The van der Waals surface area contributed by atoms with Crippen molar-refractivity contribution in [3.63, 3.8) is 0 Å². The van der Waals surface area contributed by atoms with Crippen molar-refractivity contribution in [3.05, 3.63) is 64.8 Å². The van der Waals surface area contributed by atoms with Gasteiger partial charge in [0.1, 0.15) is 5.75 Å². The number of aryl methyl sites for hydroxylation is 3. The molecular formula is C20H18N4O3S. The van der Waals surface area contributed by atoms with Crippen LogP contribution in [0.1, 0.15) is 33.2 Å². The number of nitrogens with zero attached hydrogens (tertiary/aromatic N) is 3. The molecule has 2 aromatic heterocycles. The number of hydrogen-bond acceptors (Lipinski definition) is 7. The van der Waals surface area contributed by atoms with E-state index in [1.165, 1.54) is 11.3 Å². The van der Waals surface area contributed by atoms with Gasteiger partial charge in [-0.25, -0.2) is 4.98 Å². The SMILES string of the molecule is Cc1nc(COc2ccc(C(=O)Nc3nc4c(C)ccc(C)c4s3)cc2)no1. The van der Waals surface area contributed by atoms with E-state index in [-0.39, 0.29) is 12.5 Å². The van der Waals surface area contributed by atoms with Gasteiger partial charge in [0, 0.05) is 12.5 Å². The summed E-state index contributed by atoms with van der Waals surface area (Å²) in [5, 5.41) is 7.24. The van der Waals surface area contributed by atoms with E-state index in [9.17, 15) is 4.79 Å². The summed E-state index contributed by atoms with van der Waals surface area (Å²) in [6.45, 7) is 5.98. The number of carbonyl (C=O) groups is 1. The predicted octanol–water partition coefficient (Wildman–Crippen LogP) is 4.44. The predicted molar refractivity (Wildman–Crippen MR) is 107 cm³/mol. The molecule has 8 heteroatoms. The minimum Gasteiger partial charge on any atom is -0.485 e. The van der Waals surface area contributed by atoms with Crippen LogP contribution in [0.5, 0.6) is 5.75 Å². The molecule has 0 aliphatic carbocycles. The zero-order valence-electron chi connectivity index (χ0n) is 15.6. The lowest BCUT2D eigenvalue weighted by Gasteiger charge is -2.05. The molecule has 1 amide bonds. The molecule has 4 aromatic rings. The molecule has 142 valence electrons. The second-order valence-corrected chi connectivity index (χ2v) is 7.39. The Balaban J connectivity index is 1.43. The van der Waals surface area contributed by atoms with Crippen molar-refractivity contribution >= 4 is 32.6 Å². The number of benzene rings is 2. The van der Waals surface area contributed by atoms with Gasteiger partial charge in [0.2, 0.25) is 11.7 Å². The van der Waals surface area contributed by atoms with Crippen LogP contribution in [0.15, 0.2) is 40.9 Å². The molecule has 0 radical (unpaired) electrons. The van der Waals surface area contributed by atoms with E-state index in [1.54, 1.807) is 31.2 Å². The van der Waals surface area contributed by atoms with E-state index in [2.05, 4.69) is 26.5 Å². The van der Waals surface area contributed by atoms with E-state index < -0.39 is 0 Å². The van der Waals surface area contributed by atoms with E-state index in [0.29, 0.717) is 28.2 Å². The van der Waals surface area contributed by atoms with Crippen LogP contribution in [0, 0.1) is 20.8 Å². The van der Waals surface area contributed by atoms with Crippen LogP contribution in [0.2, 0.25) is 0 Å². The lowest BCUT2D eigenvalue weighted by Crippen LogP contribution is -2.11. The largest absolute Gasteiger partial charge is 0.485 e. The highest BCUT2D eigenvalue weighted by Gasteiger charge is 2.13. The number of aromatic nitrogens is 3. The first-order valence-corrected chi connectivity index (χ1v) is 9.51. The van der Waals surface area contributed by atoms with Crippen molar-refractivity contribution in [3.8, 4) is 5.75 Å². The molecule has 0 aliphatic rings. The number of nitrogens with one attached hydrogen (secondary N) is 1. The van der Waals surface area contributed by atoms with Crippen LogP contribution in [-0.2, 0) is 6.61 Å². The fourth-order valence-corrected chi connectivity index (χ4v) is 3.74. The summed E-state index contributed by atoms with van der Waals surface area (Å²) in [6.07, 6.45) is 0. The molecule has 28 heavy (non-hydrogen) atoms. The standard InChI is InChI=1S/C20H18N4O3S/c1-11-4-5-12(2)18-17(11)22-20(28-18)23-19(25)14-6-8-15(9-7-14)26-10-16-21-13(3)27-24-16/h4-9H,10H2,1-3H3,(H,22,23,25). The Kier molecular flexibility index (Phi) is 4.79. The van der Waals surface area contributed by atoms with Gasteiger partial charge in [-0.15, -0.1) is 0 Å². The molecule has 0 saturated carbocycles. The smallest absolute Gasteiger partial charge is 0.257 e. The summed E-state index contributed by atoms with van der Waals surface area (Å²) in [7, 11) is 0. The number of ether oxygens (including phenoxy) is 1. The number of amides is 1. The second kappa shape index (κ2) is 7.40. The number of fused-ring (bicyclic) bond motifs is 1. The lowest BCUT2D eigenvalue weighted by molar-refractivity contribution is 0.102. The maximum atomic E-state index is 12.5. The fourth-order valence-electron chi connectivity index (χ4n) is 2.73. The average molecular weight is 394 g/mol. The van der Waals surface area contributed by atoms with Crippen molar-refractivity contribution in [1.82, 2.24) is 15.1 Å². The van der Waals surface area contributed by atoms with Gasteiger partial charge in [0.25, 0.3) is 5.91 Å². The normalized spacial score (nSPS) is 11.0. The summed E-state index contributed by atoms with van der Waals surface area (Å²) in [5.41, 5.74) is 3.70. The molecule has 0 atom stereocenters. The Bertz CT molecular complexity index is 1110. The van der Waals surface area contributed by atoms with Gasteiger partial charge in [0.05, 0.1) is 10.2 Å². The fraction of sp³-hybridized carbons (Fsp3) is 0.200.